The molecule has 1 nitrogen and oxygen atoms in total. The third kappa shape index (κ3) is 2.76. The highest BCUT2D eigenvalue weighted by molar-refractivity contribution is 5.63. The Labute approximate surface area is 120 Å². The minimum Gasteiger partial charge on any atom is -0.240 e. The lowest BCUT2D eigenvalue weighted by atomic mass is 9.60. The van der Waals surface area contributed by atoms with Crippen LogP contribution in [0, 0.1) is 23.2 Å². The van der Waals surface area contributed by atoms with Crippen molar-refractivity contribution in [2.45, 2.75) is 72.6 Å². The summed E-state index contributed by atoms with van der Waals surface area (Å²) in [5.41, 5.74) is 0.520. The van der Waals surface area contributed by atoms with Gasteiger partial charge in [-0.05, 0) is 44.4 Å². The van der Waals surface area contributed by atoms with Crippen LogP contribution in [0.3, 0.4) is 0 Å². The molecule has 2 rings (SSSR count). The van der Waals surface area contributed by atoms with E-state index in [2.05, 4.69) is 38.5 Å². The quantitative estimate of drug-likeness (QED) is 0.481. The van der Waals surface area contributed by atoms with Gasteiger partial charge in [-0.25, -0.2) is 4.58 Å². The number of hydrogen-bond acceptors (Lipinski definition) is 0. The second kappa shape index (κ2) is 6.41. The van der Waals surface area contributed by atoms with Crippen LogP contribution in [0.1, 0.15) is 72.6 Å². The average Bonchev–Trinajstić information content (AvgIpc) is 2.78. The molecule has 0 aromatic heterocycles. The highest BCUT2D eigenvalue weighted by Gasteiger charge is 2.51. The molecule has 19 heavy (non-hydrogen) atoms. The molecule has 110 valence electrons. The maximum absolute atomic E-state index is 2.69. The monoisotopic (exact) mass is 264 g/mol. The smallest absolute Gasteiger partial charge is 0.146 e. The molecule has 2 aliphatic rings. The van der Waals surface area contributed by atoms with E-state index in [1.54, 1.807) is 0 Å². The molecule has 0 N–H and O–H groups in total. The summed E-state index contributed by atoms with van der Waals surface area (Å²) in [4.78, 5) is 0. The van der Waals surface area contributed by atoms with Gasteiger partial charge in [-0.3, -0.25) is 0 Å². The SMILES string of the molecule is CCC(C)C1(C=[N+](CC)CC)CCCC1C1CCC1. The normalized spacial score (nSPS) is 32.9. The first-order chi connectivity index (χ1) is 9.17. The predicted molar refractivity (Wildman–Crippen MR) is 84.0 cm³/mol. The lowest BCUT2D eigenvalue weighted by Gasteiger charge is -2.43. The number of rotatable bonds is 6. The van der Waals surface area contributed by atoms with Crippen LogP contribution < -0.4 is 0 Å². The maximum atomic E-state index is 2.69. The Bertz CT molecular complexity index is 310. The van der Waals surface area contributed by atoms with Gasteiger partial charge < -0.3 is 0 Å². The van der Waals surface area contributed by atoms with Crippen LogP contribution in [0.2, 0.25) is 0 Å². The third-order valence-corrected chi connectivity index (χ3v) is 6.30. The number of nitrogens with zero attached hydrogens (tertiary/aromatic N) is 1. The fraction of sp³-hybridized carbons (Fsp3) is 0.944. The average molecular weight is 264 g/mol. The molecular weight excluding hydrogens is 230 g/mol. The van der Waals surface area contributed by atoms with E-state index >= 15 is 0 Å². The van der Waals surface area contributed by atoms with Crippen molar-refractivity contribution in [3.63, 3.8) is 0 Å². The van der Waals surface area contributed by atoms with Crippen molar-refractivity contribution >= 4 is 6.21 Å². The lowest BCUT2D eigenvalue weighted by molar-refractivity contribution is -0.520. The van der Waals surface area contributed by atoms with Crippen LogP contribution in [0.5, 0.6) is 0 Å². The molecular formula is C18H34N+. The van der Waals surface area contributed by atoms with E-state index in [1.165, 1.54) is 58.0 Å². The Morgan fingerprint density at radius 3 is 2.26 bits per heavy atom. The molecule has 1 heteroatoms. The summed E-state index contributed by atoms with van der Waals surface area (Å²) in [6.45, 7) is 11.9. The summed E-state index contributed by atoms with van der Waals surface area (Å²) in [5, 5.41) is 0. The van der Waals surface area contributed by atoms with E-state index in [-0.39, 0.29) is 0 Å². The van der Waals surface area contributed by atoms with Crippen LogP contribution in [0.25, 0.3) is 0 Å². The summed E-state index contributed by atoms with van der Waals surface area (Å²) < 4.78 is 2.57. The van der Waals surface area contributed by atoms with Gasteiger partial charge in [0.15, 0.2) is 0 Å². The third-order valence-electron chi connectivity index (χ3n) is 6.30. The Morgan fingerprint density at radius 2 is 1.79 bits per heavy atom. The molecule has 3 atom stereocenters. The Kier molecular flexibility index (Phi) is 5.09. The van der Waals surface area contributed by atoms with Crippen LogP contribution in [0.4, 0.5) is 0 Å². The summed E-state index contributed by atoms with van der Waals surface area (Å²) >= 11 is 0. The second-order valence-electron chi connectivity index (χ2n) is 6.96. The molecule has 0 amide bonds. The van der Waals surface area contributed by atoms with Gasteiger partial charge in [-0.1, -0.05) is 46.0 Å². The molecule has 3 unspecified atom stereocenters. The fourth-order valence-corrected chi connectivity index (χ4v) is 4.62. The van der Waals surface area contributed by atoms with Gasteiger partial charge in [0.05, 0.1) is 5.41 Å². The first-order valence-electron chi connectivity index (χ1n) is 8.78. The van der Waals surface area contributed by atoms with Crippen molar-refractivity contribution in [1.82, 2.24) is 0 Å². The van der Waals surface area contributed by atoms with E-state index in [4.69, 9.17) is 0 Å². The first-order valence-corrected chi connectivity index (χ1v) is 8.78. The van der Waals surface area contributed by atoms with Gasteiger partial charge >= 0.3 is 0 Å². The highest BCUT2D eigenvalue weighted by Crippen LogP contribution is 2.55. The van der Waals surface area contributed by atoms with Crippen LogP contribution in [0.15, 0.2) is 0 Å². The minimum atomic E-state index is 0.520. The molecule has 0 saturated heterocycles. The largest absolute Gasteiger partial charge is 0.240 e. The Hall–Kier alpha value is -0.330. The van der Waals surface area contributed by atoms with E-state index in [9.17, 15) is 0 Å². The maximum Gasteiger partial charge on any atom is 0.146 e. The van der Waals surface area contributed by atoms with Gasteiger partial charge in [0.1, 0.15) is 19.3 Å². The van der Waals surface area contributed by atoms with Crippen molar-refractivity contribution in [1.29, 1.82) is 0 Å². The fourth-order valence-electron chi connectivity index (χ4n) is 4.62. The molecule has 2 aliphatic carbocycles. The van der Waals surface area contributed by atoms with Gasteiger partial charge in [-0.15, -0.1) is 0 Å². The molecule has 2 fully saturated rings. The highest BCUT2D eigenvalue weighted by atomic mass is 15.0. The van der Waals surface area contributed by atoms with Gasteiger partial charge in [0.2, 0.25) is 0 Å². The van der Waals surface area contributed by atoms with Gasteiger partial charge in [-0.2, -0.15) is 0 Å². The topological polar surface area (TPSA) is 3.01 Å². The molecule has 0 radical (unpaired) electrons. The standard InChI is InChI=1S/C18H34N/c1-5-15(4)18(14-19(6-2)7-3)13-9-12-17(18)16-10-8-11-16/h14-17H,5-13H2,1-4H3/q+1. The summed E-state index contributed by atoms with van der Waals surface area (Å²) in [6, 6.07) is 0. The van der Waals surface area contributed by atoms with Crippen LogP contribution in [-0.2, 0) is 0 Å². The zero-order valence-electron chi connectivity index (χ0n) is 13.6. The van der Waals surface area contributed by atoms with Crippen molar-refractivity contribution in [3.05, 3.63) is 0 Å². The minimum absolute atomic E-state index is 0.520. The molecule has 0 spiro atoms. The van der Waals surface area contributed by atoms with Crippen molar-refractivity contribution < 1.29 is 4.58 Å². The van der Waals surface area contributed by atoms with Crippen molar-refractivity contribution in [2.24, 2.45) is 23.2 Å². The Morgan fingerprint density at radius 1 is 1.11 bits per heavy atom. The zero-order valence-corrected chi connectivity index (χ0v) is 13.6. The molecule has 0 aromatic carbocycles. The zero-order chi connectivity index (χ0) is 13.9. The van der Waals surface area contributed by atoms with Crippen LogP contribution in [-0.4, -0.2) is 23.9 Å². The van der Waals surface area contributed by atoms with E-state index in [0.29, 0.717) is 5.41 Å². The summed E-state index contributed by atoms with van der Waals surface area (Å²) in [5.74, 6) is 2.88. The summed E-state index contributed by atoms with van der Waals surface area (Å²) in [7, 11) is 0. The molecule has 0 aliphatic heterocycles. The summed E-state index contributed by atoms with van der Waals surface area (Å²) in [6.07, 6.45) is 12.9. The second-order valence-corrected chi connectivity index (χ2v) is 6.96. The van der Waals surface area contributed by atoms with Gasteiger partial charge in [0, 0.05) is 0 Å². The first kappa shape index (κ1) is 15.1. The molecule has 2 saturated carbocycles. The van der Waals surface area contributed by atoms with Gasteiger partial charge in [0.25, 0.3) is 0 Å². The predicted octanol–water partition coefficient (Wildman–Crippen LogP) is 4.74. The molecule has 0 heterocycles. The van der Waals surface area contributed by atoms with Crippen molar-refractivity contribution in [2.75, 3.05) is 13.1 Å². The van der Waals surface area contributed by atoms with E-state index in [1.807, 2.05) is 0 Å². The molecule has 0 aromatic rings. The van der Waals surface area contributed by atoms with Crippen molar-refractivity contribution in [3.8, 4) is 0 Å². The Balaban J connectivity index is 2.29. The van der Waals surface area contributed by atoms with E-state index in [0.717, 1.165) is 17.8 Å². The number of hydrogen-bond donors (Lipinski definition) is 0. The van der Waals surface area contributed by atoms with Crippen LogP contribution >= 0.6 is 0 Å². The molecule has 0 bridgehead atoms. The lowest BCUT2D eigenvalue weighted by Crippen LogP contribution is -2.42. The van der Waals surface area contributed by atoms with E-state index < -0.39 is 0 Å².